The van der Waals surface area contributed by atoms with Gasteiger partial charge in [-0.3, -0.25) is 14.2 Å². The second-order valence-corrected chi connectivity index (χ2v) is 7.04. The summed E-state index contributed by atoms with van der Waals surface area (Å²) < 4.78 is 1.38. The zero-order valence-corrected chi connectivity index (χ0v) is 16.1. The number of carboxylic acids is 1. The van der Waals surface area contributed by atoms with Gasteiger partial charge in [-0.15, -0.1) is 0 Å². The molecule has 1 aromatic heterocycles. The Morgan fingerprint density at radius 2 is 1.65 bits per heavy atom. The first kappa shape index (κ1) is 18.5. The Labute approximate surface area is 175 Å². The molecule has 0 fully saturated rings. The molecule has 7 nitrogen and oxygen atoms in total. The van der Waals surface area contributed by atoms with Crippen molar-refractivity contribution in [2.24, 2.45) is 0 Å². The van der Waals surface area contributed by atoms with E-state index in [0.717, 1.165) is 5.56 Å². The third-order valence-electron chi connectivity index (χ3n) is 5.16. The van der Waals surface area contributed by atoms with Crippen LogP contribution in [-0.2, 0) is 4.79 Å². The Kier molecular flexibility index (Phi) is 4.22. The molecule has 0 atom stereocenters. The Balaban J connectivity index is 1.78. The molecule has 3 aromatic carbocycles. The van der Waals surface area contributed by atoms with Crippen molar-refractivity contribution < 1.29 is 14.7 Å². The lowest BCUT2D eigenvalue weighted by Gasteiger charge is -2.12. The maximum Gasteiger partial charge on any atom is 0.335 e. The van der Waals surface area contributed by atoms with Crippen LogP contribution in [0.1, 0.15) is 21.7 Å². The van der Waals surface area contributed by atoms with Crippen LogP contribution in [0.15, 0.2) is 77.6 Å². The van der Waals surface area contributed by atoms with E-state index in [1.807, 2.05) is 18.2 Å². The number of aromatic carboxylic acids is 1. The number of carbonyl (C=O) groups is 2. The van der Waals surface area contributed by atoms with Gasteiger partial charge in [-0.25, -0.2) is 9.78 Å². The largest absolute Gasteiger partial charge is 0.478 e. The fraction of sp³-hybridized carbons (Fsp3) is 0. The minimum absolute atomic E-state index is 0.106. The molecule has 0 unspecified atom stereocenters. The molecular weight excluding hydrogens is 394 g/mol. The fourth-order valence-electron chi connectivity index (χ4n) is 3.66. The van der Waals surface area contributed by atoms with Crippen LogP contribution in [0.25, 0.3) is 28.2 Å². The van der Waals surface area contributed by atoms with Crippen LogP contribution in [0.5, 0.6) is 0 Å². The number of carboxylic acid groups (broad SMARTS) is 1. The van der Waals surface area contributed by atoms with Gasteiger partial charge in [0.05, 0.1) is 27.7 Å². The number of nitrogens with zero attached hydrogens (tertiary/aromatic N) is 2. The fourth-order valence-corrected chi connectivity index (χ4v) is 3.66. The zero-order valence-electron chi connectivity index (χ0n) is 16.1. The van der Waals surface area contributed by atoms with E-state index in [-0.39, 0.29) is 22.9 Å². The second-order valence-electron chi connectivity index (χ2n) is 7.04. The molecule has 0 saturated carbocycles. The summed E-state index contributed by atoms with van der Waals surface area (Å²) in [4.78, 5) is 41.8. The summed E-state index contributed by atoms with van der Waals surface area (Å²) in [5.74, 6) is -1.07. The highest BCUT2D eigenvalue weighted by atomic mass is 16.4. The maximum absolute atomic E-state index is 13.3. The molecule has 2 N–H and O–H groups in total. The molecule has 2 heterocycles. The number of fused-ring (bicyclic) bond motifs is 2. The molecule has 1 aliphatic heterocycles. The first-order valence-corrected chi connectivity index (χ1v) is 9.51. The standard InChI is InChI=1S/C24H15N3O4/c28-22-18(16-5-1-3-7-19(16)26-22)13-21-25-20-8-4-2-6-17(20)23(29)27(21)15-11-9-14(10-12-15)24(30)31/h1-13H,(H,26,28)(H,30,31). The molecule has 7 heteroatoms. The van der Waals surface area contributed by atoms with Gasteiger partial charge in [-0.1, -0.05) is 30.3 Å². The number of carbonyl (C=O) groups excluding carboxylic acids is 1. The third-order valence-corrected chi connectivity index (χ3v) is 5.16. The van der Waals surface area contributed by atoms with Crippen LogP contribution in [0, 0.1) is 0 Å². The Morgan fingerprint density at radius 1 is 0.935 bits per heavy atom. The third kappa shape index (κ3) is 3.08. The van der Waals surface area contributed by atoms with Gasteiger partial charge in [-0.05, 0) is 48.5 Å². The summed E-state index contributed by atoms with van der Waals surface area (Å²) in [6.07, 6.45) is 1.58. The van der Waals surface area contributed by atoms with Crippen molar-refractivity contribution in [3.05, 3.63) is 100 Å². The normalized spacial score (nSPS) is 13.9. The molecule has 5 rings (SSSR count). The van der Waals surface area contributed by atoms with Gasteiger partial charge in [0.25, 0.3) is 11.5 Å². The second kappa shape index (κ2) is 7.07. The van der Waals surface area contributed by atoms with Crippen molar-refractivity contribution in [2.75, 3.05) is 5.32 Å². The Morgan fingerprint density at radius 3 is 2.42 bits per heavy atom. The zero-order chi connectivity index (χ0) is 21.5. The first-order chi connectivity index (χ1) is 15.0. The van der Waals surface area contributed by atoms with Gasteiger partial charge in [0, 0.05) is 11.3 Å². The maximum atomic E-state index is 13.3. The van der Waals surface area contributed by atoms with Gasteiger partial charge in [0.2, 0.25) is 0 Å². The molecule has 31 heavy (non-hydrogen) atoms. The molecule has 4 aromatic rings. The minimum atomic E-state index is -1.06. The van der Waals surface area contributed by atoms with Crippen LogP contribution >= 0.6 is 0 Å². The number of hydrogen-bond donors (Lipinski definition) is 2. The van der Waals surface area contributed by atoms with Crippen LogP contribution in [0.2, 0.25) is 0 Å². The quantitative estimate of drug-likeness (QED) is 0.504. The number of anilines is 1. The molecule has 150 valence electrons. The monoisotopic (exact) mass is 409 g/mol. The van der Waals surface area contributed by atoms with Gasteiger partial charge >= 0.3 is 5.97 Å². The lowest BCUT2D eigenvalue weighted by molar-refractivity contribution is -0.110. The Hall–Kier alpha value is -4.52. The van der Waals surface area contributed by atoms with Gasteiger partial charge in [0.1, 0.15) is 5.82 Å². The number of amides is 1. The van der Waals surface area contributed by atoms with E-state index < -0.39 is 5.97 Å². The topological polar surface area (TPSA) is 101 Å². The lowest BCUT2D eigenvalue weighted by atomic mass is 10.1. The van der Waals surface area contributed by atoms with Crippen LogP contribution < -0.4 is 10.9 Å². The van der Waals surface area contributed by atoms with E-state index in [4.69, 9.17) is 0 Å². The highest BCUT2D eigenvalue weighted by Crippen LogP contribution is 2.32. The number of rotatable bonds is 3. The number of benzene rings is 3. The number of para-hydroxylation sites is 2. The van der Waals surface area contributed by atoms with E-state index in [2.05, 4.69) is 10.3 Å². The van der Waals surface area contributed by atoms with E-state index in [1.165, 1.54) is 16.7 Å². The average molecular weight is 409 g/mol. The van der Waals surface area contributed by atoms with Crippen molar-refractivity contribution in [1.82, 2.24) is 9.55 Å². The SMILES string of the molecule is O=C1Nc2ccccc2C1=Cc1nc2ccccc2c(=O)n1-c1ccc(C(=O)O)cc1. The van der Waals surface area contributed by atoms with Gasteiger partial charge in [0.15, 0.2) is 0 Å². The summed E-state index contributed by atoms with van der Waals surface area (Å²) in [7, 11) is 0. The summed E-state index contributed by atoms with van der Waals surface area (Å²) in [6, 6.07) is 20.2. The summed E-state index contributed by atoms with van der Waals surface area (Å²) >= 11 is 0. The average Bonchev–Trinajstić information content (AvgIpc) is 3.09. The van der Waals surface area contributed by atoms with E-state index in [9.17, 15) is 19.5 Å². The predicted octanol–water partition coefficient (Wildman–Crippen LogP) is 3.58. The number of aromatic nitrogens is 2. The molecule has 0 radical (unpaired) electrons. The lowest BCUT2D eigenvalue weighted by Crippen LogP contribution is -2.22. The molecule has 0 saturated heterocycles. The highest BCUT2D eigenvalue weighted by molar-refractivity contribution is 6.34. The van der Waals surface area contributed by atoms with E-state index in [1.54, 1.807) is 48.5 Å². The molecule has 1 amide bonds. The van der Waals surface area contributed by atoms with Crippen molar-refractivity contribution >= 4 is 40.1 Å². The highest BCUT2D eigenvalue weighted by Gasteiger charge is 2.24. The number of nitrogens with one attached hydrogen (secondary N) is 1. The van der Waals surface area contributed by atoms with Crippen LogP contribution in [0.3, 0.4) is 0 Å². The van der Waals surface area contributed by atoms with E-state index >= 15 is 0 Å². The van der Waals surface area contributed by atoms with Gasteiger partial charge in [-0.2, -0.15) is 0 Å². The van der Waals surface area contributed by atoms with Gasteiger partial charge < -0.3 is 10.4 Å². The Bertz CT molecular complexity index is 1470. The predicted molar refractivity (Wildman–Crippen MR) is 117 cm³/mol. The smallest absolute Gasteiger partial charge is 0.335 e. The molecule has 0 aliphatic carbocycles. The number of hydrogen-bond acceptors (Lipinski definition) is 4. The van der Waals surface area contributed by atoms with Crippen LogP contribution in [0.4, 0.5) is 5.69 Å². The van der Waals surface area contributed by atoms with Crippen molar-refractivity contribution in [3.63, 3.8) is 0 Å². The first-order valence-electron chi connectivity index (χ1n) is 9.51. The summed E-state index contributed by atoms with van der Waals surface area (Å²) in [5.41, 5.74) is 2.56. The molecule has 0 spiro atoms. The molecule has 0 bridgehead atoms. The van der Waals surface area contributed by atoms with Crippen LogP contribution in [-0.4, -0.2) is 26.5 Å². The van der Waals surface area contributed by atoms with E-state index in [0.29, 0.717) is 27.9 Å². The van der Waals surface area contributed by atoms with Crippen molar-refractivity contribution in [2.45, 2.75) is 0 Å². The minimum Gasteiger partial charge on any atom is -0.478 e. The summed E-state index contributed by atoms with van der Waals surface area (Å²) in [5, 5.41) is 12.4. The van der Waals surface area contributed by atoms with Crippen molar-refractivity contribution in [1.29, 1.82) is 0 Å². The van der Waals surface area contributed by atoms with Crippen molar-refractivity contribution in [3.8, 4) is 5.69 Å². The summed E-state index contributed by atoms with van der Waals surface area (Å²) in [6.45, 7) is 0. The molecular formula is C24H15N3O4. The molecule has 1 aliphatic rings.